The number of carbonyl (C=O) groups excluding carboxylic acids is 3. The van der Waals surface area contributed by atoms with Crippen molar-refractivity contribution in [1.29, 1.82) is 0 Å². The lowest BCUT2D eigenvalue weighted by Crippen LogP contribution is -2.60. The molecule has 238 valence electrons. The number of benzene rings is 3. The molecular weight excluding hydrogens is 598 g/mol. The Bertz CT molecular complexity index is 1590. The summed E-state index contributed by atoms with van der Waals surface area (Å²) < 4.78 is 0. The highest BCUT2D eigenvalue weighted by Crippen LogP contribution is 2.43. The molecule has 3 aromatic rings. The van der Waals surface area contributed by atoms with E-state index in [0.29, 0.717) is 29.4 Å². The molecule has 0 saturated carbocycles. The Labute approximate surface area is 273 Å². The van der Waals surface area contributed by atoms with Gasteiger partial charge in [-0.25, -0.2) is 9.69 Å². The number of thioether (sulfide) groups is 1. The molecule has 4 amide bonds. The molecule has 11 heteroatoms. The maximum Gasteiger partial charge on any atom is 0.328 e. The van der Waals surface area contributed by atoms with Crippen molar-refractivity contribution >= 4 is 46.7 Å². The fourth-order valence-electron chi connectivity index (χ4n) is 6.27. The Kier molecular flexibility index (Phi) is 9.72. The Morgan fingerprint density at radius 2 is 1.54 bits per heavy atom. The molecule has 0 bridgehead atoms. The van der Waals surface area contributed by atoms with Crippen LogP contribution in [0.2, 0.25) is 0 Å². The van der Waals surface area contributed by atoms with Crippen LogP contribution >= 0.6 is 11.8 Å². The Hall–Kier alpha value is -4.58. The summed E-state index contributed by atoms with van der Waals surface area (Å²) in [5.41, 5.74) is 4.77. The van der Waals surface area contributed by atoms with Crippen LogP contribution in [0.4, 0.5) is 21.9 Å². The lowest BCUT2D eigenvalue weighted by molar-refractivity contribution is -0.115. The van der Waals surface area contributed by atoms with Gasteiger partial charge < -0.3 is 21.3 Å². The van der Waals surface area contributed by atoms with Crippen LogP contribution in [-0.4, -0.2) is 59.2 Å². The molecular formula is C35H39N7O3S. The minimum absolute atomic E-state index is 0.119. The monoisotopic (exact) mass is 637 g/mol. The van der Waals surface area contributed by atoms with Gasteiger partial charge in [0.1, 0.15) is 11.1 Å². The molecule has 5 N–H and O–H groups in total. The first-order valence-corrected chi connectivity index (χ1v) is 16.5. The number of nitrogens with zero attached hydrogens (tertiary/aromatic N) is 2. The van der Waals surface area contributed by atoms with Gasteiger partial charge in [-0.1, -0.05) is 36.8 Å². The van der Waals surface area contributed by atoms with Gasteiger partial charge >= 0.3 is 6.03 Å². The first-order valence-electron chi connectivity index (χ1n) is 15.6. The predicted octanol–water partition coefficient (Wildman–Crippen LogP) is 5.07. The summed E-state index contributed by atoms with van der Waals surface area (Å²) in [7, 11) is 0. The molecule has 3 atom stereocenters. The van der Waals surface area contributed by atoms with Crippen LogP contribution in [0, 0.1) is 0 Å². The number of hydrogen-bond donors (Lipinski definition) is 5. The SMILES string of the molecule is C=C.O=C(Nc1ccc(N2C(=O)NC3C4=C2NCNC4SC3C(=O)Nc2ccc(CN3CCCCC3)cc2)cc1)c1ccccc1. The molecule has 4 aliphatic heterocycles. The zero-order valence-electron chi connectivity index (χ0n) is 25.6. The number of likely N-dealkylation sites (tertiary alicyclic amines) is 1. The van der Waals surface area contributed by atoms with Crippen molar-refractivity contribution < 1.29 is 14.4 Å². The topological polar surface area (TPSA) is 118 Å². The van der Waals surface area contributed by atoms with Gasteiger partial charge in [-0.05, 0) is 80.0 Å². The smallest absolute Gasteiger partial charge is 0.328 e. The highest BCUT2D eigenvalue weighted by molar-refractivity contribution is 8.01. The number of piperidine rings is 1. The van der Waals surface area contributed by atoms with Gasteiger partial charge in [-0.2, -0.15) is 0 Å². The van der Waals surface area contributed by atoms with Crippen molar-refractivity contribution in [3.63, 3.8) is 0 Å². The predicted molar refractivity (Wildman–Crippen MR) is 184 cm³/mol. The van der Waals surface area contributed by atoms with E-state index >= 15 is 0 Å². The second-order valence-electron chi connectivity index (χ2n) is 11.5. The zero-order chi connectivity index (χ0) is 32.0. The number of urea groups is 1. The molecule has 0 aromatic heterocycles. The highest BCUT2D eigenvalue weighted by Gasteiger charge is 2.51. The van der Waals surface area contributed by atoms with E-state index < -0.39 is 11.3 Å². The van der Waals surface area contributed by atoms with Crippen molar-refractivity contribution in [2.45, 2.75) is 42.5 Å². The molecule has 7 rings (SSSR count). The van der Waals surface area contributed by atoms with E-state index in [1.54, 1.807) is 41.3 Å². The molecule has 10 nitrogen and oxygen atoms in total. The van der Waals surface area contributed by atoms with Crippen LogP contribution in [0.25, 0.3) is 0 Å². The average molecular weight is 638 g/mol. The molecule has 3 aromatic carbocycles. The van der Waals surface area contributed by atoms with Crippen molar-refractivity contribution in [2.75, 3.05) is 35.3 Å². The first kappa shape index (κ1) is 31.4. The second kappa shape index (κ2) is 14.2. The standard InChI is InChI=1S/C33H35N7O3S.C2H4/c41-30(22-7-3-1-4-8-22)36-24-13-15-25(16-14-24)40-29-26-27(38-33(40)43)28(44-32(26)35-20-34-29)31(42)37-23-11-9-21(10-12-23)19-39-17-5-2-6-18-39;1-2/h1,3-4,7-16,27-28,32,34-35H,2,5-6,17-20H2,(H,36,41)(H,37,42)(H,38,43);1-2H2. The lowest BCUT2D eigenvalue weighted by atomic mass is 9.99. The number of rotatable bonds is 7. The van der Waals surface area contributed by atoms with E-state index in [4.69, 9.17) is 0 Å². The van der Waals surface area contributed by atoms with Crippen molar-refractivity contribution in [3.8, 4) is 0 Å². The van der Waals surface area contributed by atoms with E-state index in [9.17, 15) is 14.4 Å². The maximum atomic E-state index is 13.5. The van der Waals surface area contributed by atoms with E-state index in [2.05, 4.69) is 56.8 Å². The van der Waals surface area contributed by atoms with E-state index in [1.807, 2.05) is 30.3 Å². The molecule has 2 saturated heterocycles. The van der Waals surface area contributed by atoms with Crippen LogP contribution in [0.1, 0.15) is 35.2 Å². The number of anilines is 3. The summed E-state index contributed by atoms with van der Waals surface area (Å²) in [5.74, 6) is 0.345. The van der Waals surface area contributed by atoms with Crippen LogP contribution in [0.5, 0.6) is 0 Å². The van der Waals surface area contributed by atoms with Gasteiger partial charge in [-0.15, -0.1) is 24.9 Å². The second-order valence-corrected chi connectivity index (χ2v) is 12.7. The molecule has 46 heavy (non-hydrogen) atoms. The number of hydrogen-bond acceptors (Lipinski definition) is 7. The van der Waals surface area contributed by atoms with Crippen LogP contribution in [-0.2, 0) is 11.3 Å². The van der Waals surface area contributed by atoms with Crippen molar-refractivity contribution in [3.05, 3.63) is 115 Å². The number of nitrogens with one attached hydrogen (secondary N) is 5. The Morgan fingerprint density at radius 3 is 2.26 bits per heavy atom. The fourth-order valence-corrected chi connectivity index (χ4v) is 7.71. The third-order valence-electron chi connectivity index (χ3n) is 8.48. The van der Waals surface area contributed by atoms with Crippen molar-refractivity contribution in [1.82, 2.24) is 20.9 Å². The van der Waals surface area contributed by atoms with Gasteiger partial charge in [0.25, 0.3) is 5.91 Å². The molecule has 3 unspecified atom stereocenters. The van der Waals surface area contributed by atoms with E-state index in [0.717, 1.165) is 30.9 Å². The zero-order valence-corrected chi connectivity index (χ0v) is 26.4. The van der Waals surface area contributed by atoms with Gasteiger partial charge in [0.2, 0.25) is 5.91 Å². The molecule has 4 aliphatic rings. The third-order valence-corrected chi connectivity index (χ3v) is 9.95. The molecule has 0 aliphatic carbocycles. The Morgan fingerprint density at radius 1 is 0.870 bits per heavy atom. The normalized spacial score (nSPS) is 22.0. The Balaban J connectivity index is 0.00000182. The maximum absolute atomic E-state index is 13.5. The summed E-state index contributed by atoms with van der Waals surface area (Å²) in [6.07, 6.45) is 3.83. The third kappa shape index (κ3) is 6.67. The molecule has 0 radical (unpaired) electrons. The van der Waals surface area contributed by atoms with Gasteiger partial charge in [0, 0.05) is 29.1 Å². The largest absolute Gasteiger partial charge is 0.358 e. The van der Waals surface area contributed by atoms with Gasteiger partial charge in [0.15, 0.2) is 0 Å². The molecule has 0 spiro atoms. The highest BCUT2D eigenvalue weighted by atomic mass is 32.2. The van der Waals surface area contributed by atoms with E-state index in [1.165, 1.54) is 36.6 Å². The first-order chi connectivity index (χ1) is 22.5. The molecule has 4 heterocycles. The van der Waals surface area contributed by atoms with Gasteiger partial charge in [-0.3, -0.25) is 19.8 Å². The van der Waals surface area contributed by atoms with Gasteiger partial charge in [0.05, 0.1) is 23.8 Å². The van der Waals surface area contributed by atoms with E-state index in [-0.39, 0.29) is 23.2 Å². The molecule has 2 fully saturated rings. The van der Waals surface area contributed by atoms with Crippen molar-refractivity contribution in [2.24, 2.45) is 0 Å². The lowest BCUT2D eigenvalue weighted by Gasteiger charge is -2.39. The van der Waals surface area contributed by atoms with Crippen LogP contribution < -0.4 is 31.5 Å². The number of carbonyl (C=O) groups is 3. The van der Waals surface area contributed by atoms with Crippen LogP contribution in [0.15, 0.2) is 103 Å². The summed E-state index contributed by atoms with van der Waals surface area (Å²) in [5, 5.41) is 15.2. The minimum atomic E-state index is -0.493. The number of amides is 4. The van der Waals surface area contributed by atoms with Crippen LogP contribution in [0.3, 0.4) is 0 Å². The summed E-state index contributed by atoms with van der Waals surface area (Å²) in [6, 6.07) is 23.5. The summed E-state index contributed by atoms with van der Waals surface area (Å²) in [6.45, 7) is 9.68. The fraction of sp³-hybridized carbons (Fsp3) is 0.286. The average Bonchev–Trinajstić information content (AvgIpc) is 3.47. The minimum Gasteiger partial charge on any atom is -0.358 e. The summed E-state index contributed by atoms with van der Waals surface area (Å²) >= 11 is 1.51. The summed E-state index contributed by atoms with van der Waals surface area (Å²) in [4.78, 5) is 43.7. The quantitative estimate of drug-likeness (QED) is 0.230.